The molecule has 0 fully saturated rings. The van der Waals surface area contributed by atoms with Gasteiger partial charge in [-0.05, 0) is 24.1 Å². The summed E-state index contributed by atoms with van der Waals surface area (Å²) in [4.78, 5) is 1.22. The molecule has 0 aliphatic carbocycles. The molecule has 0 atom stereocenters. The third-order valence-electron chi connectivity index (χ3n) is 2.87. The number of benzene rings is 1. The van der Waals surface area contributed by atoms with Crippen LogP contribution in [0, 0.1) is 0 Å². The van der Waals surface area contributed by atoms with Gasteiger partial charge in [-0.1, -0.05) is 36.5 Å². The number of hydrogen-bond donors (Lipinski definition) is 1. The number of nitrogens with one attached hydrogen (secondary N) is 1. The van der Waals surface area contributed by atoms with Crippen LogP contribution in [-0.4, -0.2) is 23.3 Å². The largest absolute Gasteiger partial charge is 0.317 e. The van der Waals surface area contributed by atoms with Crippen molar-refractivity contribution < 1.29 is 0 Å². The average molecular weight is 289 g/mol. The molecule has 1 N–H and O–H groups in total. The third kappa shape index (κ3) is 2.83. The third-order valence-corrected chi connectivity index (χ3v) is 5.14. The minimum absolute atomic E-state index is 0.955. The predicted octanol–water partition coefficient (Wildman–Crippen LogP) is 3.57. The topological polar surface area (TPSA) is 37.8 Å². The van der Waals surface area contributed by atoms with Crippen molar-refractivity contribution in [2.75, 3.05) is 13.1 Å². The van der Waals surface area contributed by atoms with Crippen LogP contribution in [-0.2, 0) is 6.42 Å². The van der Waals surface area contributed by atoms with Crippen LogP contribution in [0.1, 0.15) is 11.9 Å². The summed E-state index contributed by atoms with van der Waals surface area (Å²) in [7, 11) is 0. The molecule has 0 saturated carbocycles. The first-order valence-corrected chi connectivity index (χ1v) is 8.02. The monoisotopic (exact) mass is 289 g/mol. The number of rotatable bonds is 5. The summed E-state index contributed by atoms with van der Waals surface area (Å²) in [6.07, 6.45) is 0.955. The van der Waals surface area contributed by atoms with E-state index in [0.29, 0.717) is 0 Å². The van der Waals surface area contributed by atoms with Gasteiger partial charge in [-0.2, -0.15) is 0 Å². The Hall–Kier alpha value is -1.30. The number of fused-ring (bicyclic) bond motifs is 1. The smallest absolute Gasteiger partial charge is 0.157 e. The minimum atomic E-state index is 0.955. The zero-order chi connectivity index (χ0) is 13.1. The van der Waals surface area contributed by atoms with Gasteiger partial charge in [0.1, 0.15) is 5.01 Å². The molecule has 2 aromatic heterocycles. The van der Waals surface area contributed by atoms with Gasteiger partial charge in [-0.25, -0.2) is 0 Å². The average Bonchev–Trinajstić information content (AvgIpc) is 3.04. The summed E-state index contributed by atoms with van der Waals surface area (Å²) in [6.45, 7) is 4.09. The number of likely N-dealkylation sites (N-methyl/N-ethyl adjacent to an activating group) is 1. The van der Waals surface area contributed by atoms with Crippen LogP contribution in [0.2, 0.25) is 0 Å². The van der Waals surface area contributed by atoms with Crippen molar-refractivity contribution in [3.8, 4) is 9.88 Å². The van der Waals surface area contributed by atoms with Crippen molar-refractivity contribution in [2.24, 2.45) is 0 Å². The zero-order valence-electron chi connectivity index (χ0n) is 10.7. The van der Waals surface area contributed by atoms with Gasteiger partial charge >= 0.3 is 0 Å². The van der Waals surface area contributed by atoms with Gasteiger partial charge in [-0.3, -0.25) is 0 Å². The second-order valence-electron chi connectivity index (χ2n) is 4.25. The molecule has 0 radical (unpaired) electrons. The Bertz CT molecular complexity index is 639. The molecular weight excluding hydrogens is 274 g/mol. The first kappa shape index (κ1) is 12.7. The van der Waals surface area contributed by atoms with Crippen molar-refractivity contribution >= 4 is 32.8 Å². The molecule has 2 heterocycles. The number of thiophene rings is 1. The Kier molecular flexibility index (Phi) is 3.87. The summed E-state index contributed by atoms with van der Waals surface area (Å²) in [5.41, 5.74) is 0. The molecule has 3 nitrogen and oxygen atoms in total. The summed E-state index contributed by atoms with van der Waals surface area (Å²) < 4.78 is 1.31. The molecule has 0 amide bonds. The first-order valence-electron chi connectivity index (χ1n) is 6.39. The van der Waals surface area contributed by atoms with Gasteiger partial charge in [0.2, 0.25) is 0 Å². The molecule has 3 rings (SSSR count). The Labute approximate surface area is 120 Å². The van der Waals surface area contributed by atoms with Crippen molar-refractivity contribution in [2.45, 2.75) is 13.3 Å². The summed E-state index contributed by atoms with van der Waals surface area (Å²) >= 11 is 3.48. The highest BCUT2D eigenvalue weighted by Crippen LogP contribution is 2.34. The minimum Gasteiger partial charge on any atom is -0.317 e. The number of nitrogens with zero attached hydrogens (tertiary/aromatic N) is 2. The predicted molar refractivity (Wildman–Crippen MR) is 83.0 cm³/mol. The van der Waals surface area contributed by atoms with Crippen molar-refractivity contribution in [3.05, 3.63) is 35.3 Å². The second-order valence-corrected chi connectivity index (χ2v) is 6.40. The SMILES string of the molecule is CCNCCc1nnc(-c2cc3ccccc3s2)s1. The van der Waals surface area contributed by atoms with E-state index < -0.39 is 0 Å². The molecular formula is C14H15N3S2. The Morgan fingerprint density at radius 3 is 2.89 bits per heavy atom. The molecule has 1 aromatic carbocycles. The molecule has 98 valence electrons. The molecule has 0 saturated heterocycles. The lowest BCUT2D eigenvalue weighted by molar-refractivity contribution is 0.710. The lowest BCUT2D eigenvalue weighted by Crippen LogP contribution is -2.15. The first-order chi connectivity index (χ1) is 9.36. The van der Waals surface area contributed by atoms with Crippen LogP contribution >= 0.6 is 22.7 Å². The highest BCUT2D eigenvalue weighted by atomic mass is 32.1. The van der Waals surface area contributed by atoms with E-state index in [2.05, 4.69) is 52.8 Å². The van der Waals surface area contributed by atoms with Gasteiger partial charge in [0.15, 0.2) is 5.01 Å². The Balaban J connectivity index is 1.81. The van der Waals surface area contributed by atoms with Crippen molar-refractivity contribution in [1.82, 2.24) is 15.5 Å². The van der Waals surface area contributed by atoms with Crippen LogP contribution in [0.5, 0.6) is 0 Å². The molecule has 19 heavy (non-hydrogen) atoms. The van der Waals surface area contributed by atoms with Gasteiger partial charge in [-0.15, -0.1) is 21.5 Å². The van der Waals surface area contributed by atoms with Gasteiger partial charge < -0.3 is 5.32 Å². The summed E-state index contributed by atoms with van der Waals surface area (Å²) in [5.74, 6) is 0. The van der Waals surface area contributed by atoms with Gasteiger partial charge in [0, 0.05) is 17.7 Å². The molecule has 3 aromatic rings. The van der Waals surface area contributed by atoms with E-state index in [4.69, 9.17) is 0 Å². The highest BCUT2D eigenvalue weighted by Gasteiger charge is 2.09. The van der Waals surface area contributed by atoms with E-state index in [1.807, 2.05) is 0 Å². The fourth-order valence-electron chi connectivity index (χ4n) is 1.91. The van der Waals surface area contributed by atoms with Gasteiger partial charge in [0.25, 0.3) is 0 Å². The lowest BCUT2D eigenvalue weighted by Gasteiger charge is -1.95. The van der Waals surface area contributed by atoms with Crippen LogP contribution in [0.15, 0.2) is 30.3 Å². The van der Waals surface area contributed by atoms with Crippen molar-refractivity contribution in [1.29, 1.82) is 0 Å². The van der Waals surface area contributed by atoms with Crippen LogP contribution in [0.3, 0.4) is 0 Å². The fourth-order valence-corrected chi connectivity index (χ4v) is 3.86. The fraction of sp³-hybridized carbons (Fsp3) is 0.286. The highest BCUT2D eigenvalue weighted by molar-refractivity contribution is 7.25. The molecule has 5 heteroatoms. The summed E-state index contributed by atoms with van der Waals surface area (Å²) in [6, 6.07) is 10.6. The van der Waals surface area contributed by atoms with E-state index in [1.165, 1.54) is 15.0 Å². The lowest BCUT2D eigenvalue weighted by atomic mass is 10.2. The van der Waals surface area contributed by atoms with E-state index in [0.717, 1.165) is 29.5 Å². The molecule has 0 aliphatic rings. The van der Waals surface area contributed by atoms with Crippen molar-refractivity contribution in [3.63, 3.8) is 0 Å². The van der Waals surface area contributed by atoms with E-state index in [-0.39, 0.29) is 0 Å². The maximum Gasteiger partial charge on any atom is 0.157 e. The van der Waals surface area contributed by atoms with Crippen LogP contribution in [0.4, 0.5) is 0 Å². The number of aromatic nitrogens is 2. The standard InChI is InChI=1S/C14H15N3S2/c1-2-15-8-7-13-16-17-14(19-13)12-9-10-5-3-4-6-11(10)18-12/h3-6,9,15H,2,7-8H2,1H3. The van der Waals surface area contributed by atoms with E-state index >= 15 is 0 Å². The normalized spacial score (nSPS) is 11.2. The second kappa shape index (κ2) is 5.77. The maximum absolute atomic E-state index is 4.31. The Morgan fingerprint density at radius 1 is 1.16 bits per heavy atom. The summed E-state index contributed by atoms with van der Waals surface area (Å²) in [5, 5.41) is 15.3. The zero-order valence-corrected chi connectivity index (χ0v) is 12.4. The molecule has 0 unspecified atom stereocenters. The van der Waals surface area contributed by atoms with Gasteiger partial charge in [0.05, 0.1) is 4.88 Å². The molecule has 0 bridgehead atoms. The van der Waals surface area contributed by atoms with Crippen LogP contribution < -0.4 is 5.32 Å². The molecule has 0 spiro atoms. The maximum atomic E-state index is 4.31. The Morgan fingerprint density at radius 2 is 2.05 bits per heavy atom. The van der Waals surface area contributed by atoms with Crippen LogP contribution in [0.25, 0.3) is 20.0 Å². The quantitative estimate of drug-likeness (QED) is 0.730. The number of hydrogen-bond acceptors (Lipinski definition) is 5. The molecule has 0 aliphatic heterocycles. The van der Waals surface area contributed by atoms with E-state index in [1.54, 1.807) is 22.7 Å². The van der Waals surface area contributed by atoms with E-state index in [9.17, 15) is 0 Å².